The van der Waals surface area contributed by atoms with E-state index in [0.29, 0.717) is 11.6 Å². The molecule has 0 aliphatic carbocycles. The van der Waals surface area contributed by atoms with Gasteiger partial charge in [0.2, 0.25) is 0 Å². The van der Waals surface area contributed by atoms with E-state index in [1.165, 1.54) is 0 Å². The number of rotatable bonds is 1. The van der Waals surface area contributed by atoms with Crippen LogP contribution >= 0.6 is 23.2 Å². The summed E-state index contributed by atoms with van der Waals surface area (Å²) in [5.74, 6) is 0.861. The molecule has 1 aromatic carbocycles. The van der Waals surface area contributed by atoms with Crippen molar-refractivity contribution in [1.29, 1.82) is 0 Å². The molecule has 0 amide bonds. The molecule has 3 aromatic rings. The first-order valence-electron chi connectivity index (χ1n) is 7.00. The summed E-state index contributed by atoms with van der Waals surface area (Å²) in [4.78, 5) is 15.4. The fraction of sp³-hybridized carbons (Fsp3) is 0.188. The van der Waals surface area contributed by atoms with E-state index < -0.39 is 0 Å². The molecule has 0 bridgehead atoms. The van der Waals surface area contributed by atoms with Crippen LogP contribution in [0, 0.1) is 0 Å². The highest BCUT2D eigenvalue weighted by molar-refractivity contribution is 6.37. The van der Waals surface area contributed by atoms with E-state index in [1.807, 2.05) is 18.2 Å². The van der Waals surface area contributed by atoms with Crippen LogP contribution in [0.5, 0.6) is 0 Å². The second kappa shape index (κ2) is 5.38. The van der Waals surface area contributed by atoms with E-state index >= 15 is 0 Å². The van der Waals surface area contributed by atoms with Gasteiger partial charge < -0.3 is 4.90 Å². The Balaban J connectivity index is 1.80. The maximum atomic E-state index is 6.62. The third-order valence-corrected chi connectivity index (χ3v) is 4.57. The number of fused-ring (bicyclic) bond motifs is 2. The van der Waals surface area contributed by atoms with E-state index in [4.69, 9.17) is 28.2 Å². The Morgan fingerprint density at radius 2 is 2.05 bits per heavy atom. The van der Waals surface area contributed by atoms with Crippen molar-refractivity contribution >= 4 is 39.9 Å². The average Bonchev–Trinajstić information content (AvgIpc) is 2.55. The van der Waals surface area contributed by atoms with Crippen LogP contribution in [0.1, 0.15) is 11.3 Å². The number of anilines is 1. The summed E-state index contributed by atoms with van der Waals surface area (Å²) in [7, 11) is 0. The molecule has 110 valence electrons. The highest BCUT2D eigenvalue weighted by Gasteiger charge is 2.22. The van der Waals surface area contributed by atoms with E-state index in [0.717, 1.165) is 46.0 Å². The zero-order valence-electron chi connectivity index (χ0n) is 11.6. The van der Waals surface area contributed by atoms with Gasteiger partial charge >= 0.3 is 0 Å². The monoisotopic (exact) mass is 330 g/mol. The lowest BCUT2D eigenvalue weighted by molar-refractivity contribution is 0.705. The second-order valence-electron chi connectivity index (χ2n) is 5.25. The van der Waals surface area contributed by atoms with Crippen molar-refractivity contribution in [3.63, 3.8) is 0 Å². The van der Waals surface area contributed by atoms with Gasteiger partial charge in [-0.3, -0.25) is 9.97 Å². The SMILES string of the molecule is Clc1ccc2c(Cl)c3c(nc2c1)CCN(c1cnccn1)C3. The van der Waals surface area contributed by atoms with E-state index in [1.54, 1.807) is 18.6 Å². The van der Waals surface area contributed by atoms with Crippen LogP contribution in [0.2, 0.25) is 10.0 Å². The minimum Gasteiger partial charge on any atom is -0.350 e. The van der Waals surface area contributed by atoms with Gasteiger partial charge in [0, 0.05) is 53.6 Å². The molecule has 4 nitrogen and oxygen atoms in total. The molecule has 0 N–H and O–H groups in total. The lowest BCUT2D eigenvalue weighted by Crippen LogP contribution is -2.32. The maximum absolute atomic E-state index is 6.62. The fourth-order valence-corrected chi connectivity index (χ4v) is 3.31. The predicted molar refractivity (Wildman–Crippen MR) is 88.5 cm³/mol. The zero-order chi connectivity index (χ0) is 15.1. The normalized spacial score (nSPS) is 14.2. The Kier molecular flexibility index (Phi) is 3.36. The van der Waals surface area contributed by atoms with Gasteiger partial charge in [-0.1, -0.05) is 23.2 Å². The summed E-state index contributed by atoms with van der Waals surface area (Å²) in [6, 6.07) is 5.62. The van der Waals surface area contributed by atoms with E-state index in [9.17, 15) is 0 Å². The lowest BCUT2D eigenvalue weighted by atomic mass is 10.0. The molecule has 0 radical (unpaired) electrons. The molecule has 0 saturated heterocycles. The quantitative estimate of drug-likeness (QED) is 0.678. The molecule has 0 spiro atoms. The minimum atomic E-state index is 0.674. The van der Waals surface area contributed by atoms with Crippen LogP contribution in [0.3, 0.4) is 0 Å². The first-order valence-corrected chi connectivity index (χ1v) is 7.75. The molecular weight excluding hydrogens is 319 g/mol. The number of halogens is 2. The van der Waals surface area contributed by atoms with Crippen molar-refractivity contribution in [2.45, 2.75) is 13.0 Å². The molecule has 1 aliphatic heterocycles. The Labute approximate surface area is 137 Å². The van der Waals surface area contributed by atoms with Crippen molar-refractivity contribution in [3.05, 3.63) is 58.1 Å². The summed E-state index contributed by atoms with van der Waals surface area (Å²) >= 11 is 12.7. The van der Waals surface area contributed by atoms with E-state index in [-0.39, 0.29) is 0 Å². The van der Waals surface area contributed by atoms with Crippen LogP contribution in [-0.4, -0.2) is 21.5 Å². The van der Waals surface area contributed by atoms with Gasteiger partial charge in [0.1, 0.15) is 5.82 Å². The van der Waals surface area contributed by atoms with Crippen LogP contribution < -0.4 is 4.90 Å². The van der Waals surface area contributed by atoms with Gasteiger partial charge in [0.15, 0.2) is 0 Å². The Morgan fingerprint density at radius 1 is 1.14 bits per heavy atom. The number of benzene rings is 1. The Bertz CT molecular complexity index is 852. The fourth-order valence-electron chi connectivity index (χ4n) is 2.81. The standard InChI is InChI=1S/C16H12Cl2N4/c17-10-1-2-11-14(7-10)21-13-3-6-22(9-12(13)16(11)18)15-8-19-4-5-20-15/h1-2,4-5,7-8H,3,6,9H2. The van der Waals surface area contributed by atoms with Gasteiger partial charge in [0.05, 0.1) is 16.7 Å². The summed E-state index contributed by atoms with van der Waals surface area (Å²) in [5.41, 5.74) is 2.96. The maximum Gasteiger partial charge on any atom is 0.147 e. The summed E-state index contributed by atoms with van der Waals surface area (Å²) in [6.07, 6.45) is 5.97. The minimum absolute atomic E-state index is 0.674. The van der Waals surface area contributed by atoms with E-state index in [2.05, 4.69) is 14.9 Å². The first kappa shape index (κ1) is 13.7. The summed E-state index contributed by atoms with van der Waals surface area (Å²) in [6.45, 7) is 1.54. The molecule has 6 heteroatoms. The number of nitrogens with zero attached hydrogens (tertiary/aromatic N) is 4. The number of pyridine rings is 1. The molecule has 22 heavy (non-hydrogen) atoms. The third-order valence-electron chi connectivity index (χ3n) is 3.91. The average molecular weight is 331 g/mol. The Morgan fingerprint density at radius 3 is 2.86 bits per heavy atom. The van der Waals surface area contributed by atoms with Crippen molar-refractivity contribution in [1.82, 2.24) is 15.0 Å². The number of hydrogen-bond donors (Lipinski definition) is 0. The molecular formula is C16H12Cl2N4. The molecule has 2 aromatic heterocycles. The Hall–Kier alpha value is -1.91. The predicted octanol–water partition coefficient (Wildman–Crippen LogP) is 3.89. The van der Waals surface area contributed by atoms with Crippen LogP contribution in [0.15, 0.2) is 36.8 Å². The third kappa shape index (κ3) is 2.28. The van der Waals surface area contributed by atoms with Crippen LogP contribution in [0.25, 0.3) is 10.9 Å². The molecule has 0 unspecified atom stereocenters. The topological polar surface area (TPSA) is 41.9 Å². The molecule has 0 atom stereocenters. The zero-order valence-corrected chi connectivity index (χ0v) is 13.1. The van der Waals surface area contributed by atoms with Crippen LogP contribution in [-0.2, 0) is 13.0 Å². The van der Waals surface area contributed by atoms with Crippen molar-refractivity contribution in [3.8, 4) is 0 Å². The number of aromatic nitrogens is 3. The highest BCUT2D eigenvalue weighted by Crippen LogP contribution is 2.33. The molecule has 3 heterocycles. The first-order chi connectivity index (χ1) is 10.7. The van der Waals surface area contributed by atoms with Gasteiger partial charge in [-0.25, -0.2) is 4.98 Å². The molecule has 0 fully saturated rings. The van der Waals surface area contributed by atoms with Crippen molar-refractivity contribution in [2.24, 2.45) is 0 Å². The largest absolute Gasteiger partial charge is 0.350 e. The lowest BCUT2D eigenvalue weighted by Gasteiger charge is -2.29. The van der Waals surface area contributed by atoms with Gasteiger partial charge in [-0.2, -0.15) is 0 Å². The highest BCUT2D eigenvalue weighted by atomic mass is 35.5. The van der Waals surface area contributed by atoms with Crippen molar-refractivity contribution < 1.29 is 0 Å². The molecule has 1 aliphatic rings. The van der Waals surface area contributed by atoms with Gasteiger partial charge in [-0.15, -0.1) is 0 Å². The smallest absolute Gasteiger partial charge is 0.147 e. The summed E-state index contributed by atoms with van der Waals surface area (Å²) < 4.78 is 0. The van der Waals surface area contributed by atoms with Crippen molar-refractivity contribution in [2.75, 3.05) is 11.4 Å². The van der Waals surface area contributed by atoms with Crippen LogP contribution in [0.4, 0.5) is 5.82 Å². The van der Waals surface area contributed by atoms with Gasteiger partial charge in [-0.05, 0) is 18.2 Å². The summed E-state index contributed by atoms with van der Waals surface area (Å²) in [5, 5.41) is 2.36. The van der Waals surface area contributed by atoms with Gasteiger partial charge in [0.25, 0.3) is 0 Å². The number of hydrogen-bond acceptors (Lipinski definition) is 4. The molecule has 0 saturated carbocycles. The second-order valence-corrected chi connectivity index (χ2v) is 6.06. The molecule has 4 rings (SSSR count).